The highest BCUT2D eigenvalue weighted by Crippen LogP contribution is 2.42. The molecule has 0 saturated heterocycles. The minimum absolute atomic E-state index is 0.0275. The molecule has 3 nitrogen and oxygen atoms in total. The number of benzene rings is 3. The van der Waals surface area contributed by atoms with Gasteiger partial charge in [0.25, 0.3) is 10.0 Å². The van der Waals surface area contributed by atoms with Crippen molar-refractivity contribution in [2.45, 2.75) is 43.9 Å². The molecule has 0 fully saturated rings. The lowest BCUT2D eigenvalue weighted by atomic mass is 9.84. The van der Waals surface area contributed by atoms with Crippen molar-refractivity contribution in [1.29, 1.82) is 0 Å². The molecule has 32 heavy (non-hydrogen) atoms. The molecule has 3 aromatic rings. The second-order valence-corrected chi connectivity index (χ2v) is 11.1. The molecule has 3 aromatic carbocycles. The molecule has 1 atom stereocenters. The number of halogens is 1. The molecule has 0 aromatic heterocycles. The van der Waals surface area contributed by atoms with Crippen molar-refractivity contribution in [3.8, 4) is 0 Å². The first kappa shape index (κ1) is 22.8. The first-order valence-electron chi connectivity index (χ1n) is 11.1. The van der Waals surface area contributed by atoms with E-state index in [1.807, 2.05) is 12.1 Å². The lowest BCUT2D eigenvalue weighted by molar-refractivity contribution is 0.482. The van der Waals surface area contributed by atoms with E-state index >= 15 is 0 Å². The molecule has 1 aliphatic rings. The zero-order chi connectivity index (χ0) is 22.7. The Balaban J connectivity index is 1.87. The Bertz CT molecular complexity index is 1220. The number of sulfonamides is 1. The predicted molar refractivity (Wildman–Crippen MR) is 135 cm³/mol. The minimum atomic E-state index is -3.71. The summed E-state index contributed by atoms with van der Waals surface area (Å²) >= 11 is 3.41. The summed E-state index contributed by atoms with van der Waals surface area (Å²) in [6, 6.07) is 23.6. The van der Waals surface area contributed by atoms with Crippen LogP contribution in [0.25, 0.3) is 5.70 Å². The summed E-state index contributed by atoms with van der Waals surface area (Å²) in [6.45, 7) is 4.60. The quantitative estimate of drug-likeness (QED) is 0.331. The van der Waals surface area contributed by atoms with Crippen LogP contribution < -0.4 is 0 Å². The van der Waals surface area contributed by atoms with Crippen molar-refractivity contribution in [3.05, 3.63) is 106 Å². The molecule has 1 aliphatic heterocycles. The van der Waals surface area contributed by atoms with Gasteiger partial charge in [0, 0.05) is 22.5 Å². The van der Waals surface area contributed by atoms with Gasteiger partial charge in [-0.2, -0.15) is 0 Å². The van der Waals surface area contributed by atoms with E-state index in [0.29, 0.717) is 11.4 Å². The highest BCUT2D eigenvalue weighted by atomic mass is 79.9. The van der Waals surface area contributed by atoms with Crippen LogP contribution in [-0.2, 0) is 10.0 Å². The average Bonchev–Trinajstić information content (AvgIpc) is 2.80. The van der Waals surface area contributed by atoms with Gasteiger partial charge < -0.3 is 0 Å². The van der Waals surface area contributed by atoms with Gasteiger partial charge in [0.2, 0.25) is 0 Å². The Labute approximate surface area is 200 Å². The summed E-state index contributed by atoms with van der Waals surface area (Å²) in [5.41, 5.74) is 5.30. The molecule has 0 spiro atoms. The van der Waals surface area contributed by atoms with Crippen LogP contribution in [0.1, 0.15) is 54.4 Å². The van der Waals surface area contributed by atoms with E-state index in [1.54, 1.807) is 28.6 Å². The molecule has 1 heterocycles. The third kappa shape index (κ3) is 4.55. The van der Waals surface area contributed by atoms with Gasteiger partial charge in [-0.15, -0.1) is 0 Å². The van der Waals surface area contributed by atoms with E-state index in [0.717, 1.165) is 40.6 Å². The first-order valence-corrected chi connectivity index (χ1v) is 13.3. The van der Waals surface area contributed by atoms with E-state index in [4.69, 9.17) is 0 Å². The average molecular weight is 510 g/mol. The third-order valence-corrected chi connectivity index (χ3v) is 8.33. The predicted octanol–water partition coefficient (Wildman–Crippen LogP) is 7.13. The van der Waals surface area contributed by atoms with Crippen molar-refractivity contribution in [3.63, 3.8) is 0 Å². The van der Waals surface area contributed by atoms with E-state index < -0.39 is 10.0 Å². The number of allylic oxidation sites excluding steroid dienone is 1. The Morgan fingerprint density at radius 2 is 1.69 bits per heavy atom. The van der Waals surface area contributed by atoms with Crippen LogP contribution in [0, 0.1) is 6.92 Å². The van der Waals surface area contributed by atoms with Crippen LogP contribution in [-0.4, -0.2) is 19.3 Å². The number of hydrogen-bond donors (Lipinski definition) is 0. The fourth-order valence-corrected chi connectivity index (χ4v) is 6.01. The van der Waals surface area contributed by atoms with E-state index in [1.165, 1.54) is 11.1 Å². The topological polar surface area (TPSA) is 37.4 Å². The van der Waals surface area contributed by atoms with Crippen LogP contribution in [0.15, 0.2) is 88.2 Å². The van der Waals surface area contributed by atoms with Gasteiger partial charge in [-0.3, -0.25) is 4.31 Å². The summed E-state index contributed by atoms with van der Waals surface area (Å²) in [5.74, 6) is -0.0275. The standard InChI is InChI=1S/C27H28BrNO2S/c1-3-4-5-10-27-25-9-7-6-8-24(25)26(21-13-11-20(2)12-14-21)19-29(27)32(30,31)23-17-15-22(28)16-18-23/h6-18,26H,3-5,19H2,1-2H3/b27-10-. The maximum Gasteiger partial charge on any atom is 0.264 e. The fourth-order valence-electron chi connectivity index (χ4n) is 4.23. The molecule has 0 aliphatic carbocycles. The summed E-state index contributed by atoms with van der Waals surface area (Å²) in [6.07, 6.45) is 5.04. The number of fused-ring (bicyclic) bond motifs is 1. The monoisotopic (exact) mass is 509 g/mol. The van der Waals surface area contributed by atoms with Gasteiger partial charge in [-0.25, -0.2) is 8.42 Å². The SMILES string of the molecule is CCCC/C=C1/c2ccccc2C(c2ccc(C)cc2)CN1S(=O)(=O)c1ccc(Br)cc1. The maximum atomic E-state index is 13.9. The van der Waals surface area contributed by atoms with E-state index in [-0.39, 0.29) is 5.92 Å². The molecule has 0 N–H and O–H groups in total. The van der Waals surface area contributed by atoms with Crippen LogP contribution >= 0.6 is 15.9 Å². The Hall–Kier alpha value is -2.37. The van der Waals surface area contributed by atoms with E-state index in [9.17, 15) is 8.42 Å². The van der Waals surface area contributed by atoms with Crippen LogP contribution in [0.2, 0.25) is 0 Å². The zero-order valence-electron chi connectivity index (χ0n) is 18.5. The number of unbranched alkanes of at least 4 members (excludes halogenated alkanes) is 2. The number of nitrogens with zero attached hydrogens (tertiary/aromatic N) is 1. The maximum absolute atomic E-state index is 13.9. The molecular formula is C27H28BrNO2S. The summed E-state index contributed by atoms with van der Waals surface area (Å²) in [5, 5.41) is 0. The minimum Gasteiger partial charge on any atom is -0.265 e. The fraction of sp³-hybridized carbons (Fsp3) is 0.259. The lowest BCUT2D eigenvalue weighted by Gasteiger charge is -2.37. The second kappa shape index (κ2) is 9.63. The van der Waals surface area contributed by atoms with E-state index in [2.05, 4.69) is 72.3 Å². The Morgan fingerprint density at radius 3 is 2.38 bits per heavy atom. The summed E-state index contributed by atoms with van der Waals surface area (Å²) in [7, 11) is -3.71. The first-order chi connectivity index (χ1) is 15.4. The normalized spacial score (nSPS) is 17.4. The molecule has 1 unspecified atom stereocenters. The van der Waals surface area contributed by atoms with Gasteiger partial charge >= 0.3 is 0 Å². The van der Waals surface area contributed by atoms with Gasteiger partial charge in [0.1, 0.15) is 0 Å². The molecule has 166 valence electrons. The molecule has 0 saturated carbocycles. The molecule has 0 bridgehead atoms. The van der Waals surface area contributed by atoms with Crippen LogP contribution in [0.4, 0.5) is 0 Å². The molecule has 5 heteroatoms. The number of rotatable bonds is 6. The van der Waals surface area contributed by atoms with Crippen molar-refractivity contribution in [2.24, 2.45) is 0 Å². The molecule has 0 amide bonds. The summed E-state index contributed by atoms with van der Waals surface area (Å²) in [4.78, 5) is 0.309. The molecule has 4 rings (SSSR count). The van der Waals surface area contributed by atoms with Crippen LogP contribution in [0.3, 0.4) is 0 Å². The van der Waals surface area contributed by atoms with Gasteiger partial charge in [-0.1, -0.05) is 89.4 Å². The number of aryl methyl sites for hydroxylation is 1. The van der Waals surface area contributed by atoms with Crippen molar-refractivity contribution >= 4 is 31.7 Å². The highest BCUT2D eigenvalue weighted by Gasteiger charge is 2.36. The highest BCUT2D eigenvalue weighted by molar-refractivity contribution is 9.10. The van der Waals surface area contributed by atoms with Gasteiger partial charge in [-0.05, 0) is 55.2 Å². The zero-order valence-corrected chi connectivity index (χ0v) is 20.9. The smallest absolute Gasteiger partial charge is 0.264 e. The van der Waals surface area contributed by atoms with Crippen LogP contribution in [0.5, 0.6) is 0 Å². The lowest BCUT2D eigenvalue weighted by Crippen LogP contribution is -2.37. The number of hydrogen-bond acceptors (Lipinski definition) is 2. The van der Waals surface area contributed by atoms with Gasteiger partial charge in [0.05, 0.1) is 10.6 Å². The Morgan fingerprint density at radius 1 is 1.00 bits per heavy atom. The third-order valence-electron chi connectivity index (χ3n) is 6.01. The second-order valence-electron chi connectivity index (χ2n) is 8.27. The van der Waals surface area contributed by atoms with Crippen molar-refractivity contribution < 1.29 is 8.42 Å². The van der Waals surface area contributed by atoms with Crippen molar-refractivity contribution in [2.75, 3.05) is 6.54 Å². The van der Waals surface area contributed by atoms with Gasteiger partial charge in [0.15, 0.2) is 0 Å². The van der Waals surface area contributed by atoms with Crippen molar-refractivity contribution in [1.82, 2.24) is 4.31 Å². The summed E-state index contributed by atoms with van der Waals surface area (Å²) < 4.78 is 30.2. The largest absolute Gasteiger partial charge is 0.265 e. The Kier molecular flexibility index (Phi) is 6.87. The molecule has 0 radical (unpaired) electrons. The molecular weight excluding hydrogens is 482 g/mol.